The molecule has 0 aliphatic carbocycles. The quantitative estimate of drug-likeness (QED) is 0.532. The fraction of sp³-hybridized carbons (Fsp3) is 0.529. The lowest BCUT2D eigenvalue weighted by Crippen LogP contribution is -2.56. The molecule has 1 heterocycles. The summed E-state index contributed by atoms with van der Waals surface area (Å²) < 4.78 is 5.55. The molecule has 1 aromatic rings. The third-order valence-corrected chi connectivity index (χ3v) is 4.78. The van der Waals surface area contributed by atoms with Crippen LogP contribution in [0.2, 0.25) is 0 Å². The minimum absolute atomic E-state index is 0.156. The fourth-order valence-corrected chi connectivity index (χ4v) is 3.31. The maximum atomic E-state index is 12.8. The highest BCUT2D eigenvalue weighted by Crippen LogP contribution is 2.29. The highest BCUT2D eigenvalue weighted by molar-refractivity contribution is 9.10. The monoisotopic (exact) mass is 427 g/mol. The molecule has 9 heteroatoms. The van der Waals surface area contributed by atoms with Crippen LogP contribution in [0.4, 0.5) is 10.5 Å². The number of carbonyl (C=O) groups is 2. The molecular formula is C17H22BrN3O5. The number of hydrogen-bond acceptors (Lipinski definition) is 5. The Morgan fingerprint density at radius 1 is 1.31 bits per heavy atom. The third-order valence-electron chi connectivity index (χ3n) is 3.95. The topological polar surface area (TPSA) is 93.0 Å². The average molecular weight is 428 g/mol. The van der Waals surface area contributed by atoms with Crippen LogP contribution in [0.15, 0.2) is 22.7 Å². The van der Waals surface area contributed by atoms with Crippen LogP contribution in [0, 0.1) is 10.1 Å². The van der Waals surface area contributed by atoms with E-state index in [-0.39, 0.29) is 27.7 Å². The minimum Gasteiger partial charge on any atom is -0.444 e. The van der Waals surface area contributed by atoms with Crippen molar-refractivity contribution in [2.45, 2.75) is 39.3 Å². The van der Waals surface area contributed by atoms with Gasteiger partial charge in [-0.05, 0) is 49.7 Å². The zero-order valence-electron chi connectivity index (χ0n) is 15.2. The van der Waals surface area contributed by atoms with Crippen LogP contribution in [0.25, 0.3) is 0 Å². The lowest BCUT2D eigenvalue weighted by atomic mass is 10.1. The maximum Gasteiger partial charge on any atom is 0.410 e. The molecule has 1 saturated heterocycles. The number of rotatable bonds is 2. The minimum atomic E-state index is -0.586. The molecule has 0 bridgehead atoms. The number of nitrogens with zero attached hydrogens (tertiary/aromatic N) is 3. The molecular weight excluding hydrogens is 406 g/mol. The van der Waals surface area contributed by atoms with E-state index in [4.69, 9.17) is 4.74 Å². The van der Waals surface area contributed by atoms with Gasteiger partial charge in [0, 0.05) is 31.7 Å². The van der Waals surface area contributed by atoms with E-state index < -0.39 is 16.6 Å². The molecule has 142 valence electrons. The first-order valence-electron chi connectivity index (χ1n) is 8.23. The number of benzene rings is 1. The largest absolute Gasteiger partial charge is 0.444 e. The predicted octanol–water partition coefficient (Wildman–Crippen LogP) is 3.44. The van der Waals surface area contributed by atoms with Gasteiger partial charge < -0.3 is 14.5 Å². The van der Waals surface area contributed by atoms with E-state index in [0.29, 0.717) is 19.6 Å². The van der Waals surface area contributed by atoms with Crippen molar-refractivity contribution in [3.8, 4) is 0 Å². The molecule has 8 nitrogen and oxygen atoms in total. The van der Waals surface area contributed by atoms with Gasteiger partial charge in [-0.1, -0.05) is 6.07 Å². The first-order valence-corrected chi connectivity index (χ1v) is 9.02. The number of hydrogen-bond donors (Lipinski definition) is 0. The molecule has 1 aliphatic heterocycles. The van der Waals surface area contributed by atoms with E-state index in [1.165, 1.54) is 12.1 Å². The highest BCUT2D eigenvalue weighted by atomic mass is 79.9. The Balaban J connectivity index is 2.12. The summed E-state index contributed by atoms with van der Waals surface area (Å²) in [5.74, 6) is -0.309. The normalized spacial score (nSPS) is 17.8. The second-order valence-corrected chi connectivity index (χ2v) is 7.96. The molecule has 0 saturated carbocycles. The molecule has 26 heavy (non-hydrogen) atoms. The summed E-state index contributed by atoms with van der Waals surface area (Å²) in [6, 6.07) is 4.14. The van der Waals surface area contributed by atoms with Crippen LogP contribution in [0.1, 0.15) is 38.1 Å². The molecule has 1 fully saturated rings. The Hall–Kier alpha value is -2.16. The van der Waals surface area contributed by atoms with Crippen LogP contribution < -0.4 is 0 Å². The van der Waals surface area contributed by atoms with Crippen molar-refractivity contribution in [3.63, 3.8) is 0 Å². The highest BCUT2D eigenvalue weighted by Gasteiger charge is 2.33. The van der Waals surface area contributed by atoms with Crippen molar-refractivity contribution in [3.05, 3.63) is 38.3 Å². The number of piperazine rings is 1. The molecule has 1 aromatic carbocycles. The van der Waals surface area contributed by atoms with E-state index in [9.17, 15) is 19.7 Å². The molecule has 2 rings (SSSR count). The second-order valence-electron chi connectivity index (χ2n) is 7.17. The number of amides is 2. The van der Waals surface area contributed by atoms with E-state index in [1.807, 2.05) is 6.92 Å². The molecule has 2 amide bonds. The Labute approximate surface area is 160 Å². The SMILES string of the molecule is C[C@H]1CN(C(=O)c2cccc([N+](=O)[O-])c2Br)CCN1C(=O)OC(C)(C)C. The predicted molar refractivity (Wildman–Crippen MR) is 99.1 cm³/mol. The lowest BCUT2D eigenvalue weighted by Gasteiger charge is -2.40. The zero-order valence-corrected chi connectivity index (χ0v) is 16.8. The summed E-state index contributed by atoms with van der Waals surface area (Å²) in [5.41, 5.74) is -0.508. The second kappa shape index (κ2) is 7.61. The fourth-order valence-electron chi connectivity index (χ4n) is 2.73. The summed E-state index contributed by atoms with van der Waals surface area (Å²) in [6.45, 7) is 8.24. The van der Waals surface area contributed by atoms with Crippen molar-refractivity contribution in [1.29, 1.82) is 0 Å². The van der Waals surface area contributed by atoms with Crippen LogP contribution in [0.3, 0.4) is 0 Å². The lowest BCUT2D eigenvalue weighted by molar-refractivity contribution is -0.385. The van der Waals surface area contributed by atoms with E-state index in [0.717, 1.165) is 0 Å². The summed E-state index contributed by atoms with van der Waals surface area (Å²) >= 11 is 3.16. The molecule has 0 spiro atoms. The summed E-state index contributed by atoms with van der Waals surface area (Å²) in [6.07, 6.45) is -0.409. The van der Waals surface area contributed by atoms with Crippen molar-refractivity contribution in [1.82, 2.24) is 9.80 Å². The van der Waals surface area contributed by atoms with Gasteiger partial charge in [0.05, 0.1) is 10.5 Å². The van der Waals surface area contributed by atoms with Gasteiger partial charge in [-0.2, -0.15) is 0 Å². The van der Waals surface area contributed by atoms with Gasteiger partial charge in [0.1, 0.15) is 10.1 Å². The zero-order chi connectivity index (χ0) is 19.6. The van der Waals surface area contributed by atoms with Crippen LogP contribution >= 0.6 is 15.9 Å². The number of nitro benzene ring substituents is 1. The summed E-state index contributed by atoms with van der Waals surface area (Å²) in [5, 5.41) is 11.0. The molecule has 1 aliphatic rings. The van der Waals surface area contributed by atoms with Gasteiger partial charge in [-0.3, -0.25) is 14.9 Å². The van der Waals surface area contributed by atoms with E-state index in [2.05, 4.69) is 15.9 Å². The Kier molecular flexibility index (Phi) is 5.90. The Bertz CT molecular complexity index is 732. The number of ether oxygens (including phenoxy) is 1. The van der Waals surface area contributed by atoms with Crippen LogP contribution in [-0.2, 0) is 4.74 Å². The number of nitro groups is 1. The number of carbonyl (C=O) groups excluding carboxylic acids is 2. The van der Waals surface area contributed by atoms with Crippen molar-refractivity contribution < 1.29 is 19.2 Å². The average Bonchev–Trinajstić information content (AvgIpc) is 2.52. The smallest absolute Gasteiger partial charge is 0.410 e. The van der Waals surface area contributed by atoms with Gasteiger partial charge in [0.15, 0.2) is 0 Å². The van der Waals surface area contributed by atoms with Gasteiger partial charge in [-0.15, -0.1) is 0 Å². The van der Waals surface area contributed by atoms with Crippen molar-refractivity contribution in [2.75, 3.05) is 19.6 Å². The van der Waals surface area contributed by atoms with Gasteiger partial charge in [0.25, 0.3) is 11.6 Å². The van der Waals surface area contributed by atoms with E-state index in [1.54, 1.807) is 36.6 Å². The molecule has 0 aromatic heterocycles. The van der Waals surface area contributed by atoms with Gasteiger partial charge in [-0.25, -0.2) is 4.79 Å². The van der Waals surface area contributed by atoms with E-state index >= 15 is 0 Å². The molecule has 0 unspecified atom stereocenters. The first-order chi connectivity index (χ1) is 12.0. The summed E-state index contributed by atoms with van der Waals surface area (Å²) in [7, 11) is 0. The Morgan fingerprint density at radius 2 is 1.96 bits per heavy atom. The molecule has 0 N–H and O–H groups in total. The standard InChI is InChI=1S/C17H22BrN3O5/c1-11-10-19(8-9-20(11)16(23)26-17(2,3)4)15(22)12-6-5-7-13(14(12)18)21(24)25/h5-7,11H,8-10H2,1-4H3/t11-/m0/s1. The van der Waals surface area contributed by atoms with Crippen molar-refractivity contribution >= 4 is 33.6 Å². The van der Waals surface area contributed by atoms with Crippen LogP contribution in [0.5, 0.6) is 0 Å². The van der Waals surface area contributed by atoms with Crippen molar-refractivity contribution in [2.24, 2.45) is 0 Å². The third kappa shape index (κ3) is 4.51. The molecule has 1 atom stereocenters. The Morgan fingerprint density at radius 3 is 2.50 bits per heavy atom. The number of halogens is 1. The van der Waals surface area contributed by atoms with Crippen LogP contribution in [-0.4, -0.2) is 58.0 Å². The maximum absolute atomic E-state index is 12.8. The van der Waals surface area contributed by atoms with Gasteiger partial charge in [0.2, 0.25) is 0 Å². The first kappa shape index (κ1) is 20.2. The summed E-state index contributed by atoms with van der Waals surface area (Å²) in [4.78, 5) is 38.7. The molecule has 0 radical (unpaired) electrons. The van der Waals surface area contributed by atoms with Gasteiger partial charge >= 0.3 is 6.09 Å².